The molecule has 1 atom stereocenters. The highest BCUT2D eigenvalue weighted by Crippen LogP contribution is 2.43. The smallest absolute Gasteiger partial charge is 0.164 e. The van der Waals surface area contributed by atoms with Crippen molar-refractivity contribution in [2.45, 2.75) is 19.0 Å². The summed E-state index contributed by atoms with van der Waals surface area (Å²) in [7, 11) is 0. The van der Waals surface area contributed by atoms with E-state index < -0.39 is 5.67 Å². The van der Waals surface area contributed by atoms with Gasteiger partial charge >= 0.3 is 0 Å². The Bertz CT molecular complexity index is 3310. The molecule has 5 heteroatoms. The zero-order valence-corrected chi connectivity index (χ0v) is 32.8. The summed E-state index contributed by atoms with van der Waals surface area (Å²) in [6, 6.07) is 60.9. The molecule has 0 aliphatic heterocycles. The van der Waals surface area contributed by atoms with Crippen LogP contribution in [0.2, 0.25) is 0 Å². The molecule has 0 amide bonds. The molecule has 0 fully saturated rings. The molecule has 8 aromatic carbocycles. The molecular formula is C55H37FN4. The van der Waals surface area contributed by atoms with E-state index in [1.165, 1.54) is 16.2 Å². The second-order valence-corrected chi connectivity index (χ2v) is 15.7. The molecular weight excluding hydrogens is 736 g/mol. The molecule has 1 aliphatic carbocycles. The second kappa shape index (κ2) is 14.3. The second-order valence-electron chi connectivity index (χ2n) is 15.7. The number of benzene rings is 8. The monoisotopic (exact) mass is 772 g/mol. The molecule has 0 saturated carbocycles. The Morgan fingerprint density at radius 1 is 0.417 bits per heavy atom. The van der Waals surface area contributed by atoms with Crippen LogP contribution in [0.3, 0.4) is 0 Å². The zero-order chi connectivity index (χ0) is 40.2. The van der Waals surface area contributed by atoms with Crippen molar-refractivity contribution in [3.8, 4) is 56.4 Å². The van der Waals surface area contributed by atoms with Gasteiger partial charge in [0.15, 0.2) is 17.5 Å². The van der Waals surface area contributed by atoms with Gasteiger partial charge in [0.05, 0.1) is 11.2 Å². The van der Waals surface area contributed by atoms with E-state index in [-0.39, 0.29) is 0 Å². The molecule has 2 heterocycles. The van der Waals surface area contributed by atoms with Gasteiger partial charge in [-0.3, -0.25) is 0 Å². The molecule has 0 N–H and O–H groups in total. The SMILES string of the molecule is CC1(F)C=CC(c2nc3cc(-c4cccc(-c5cccc(-c6nc(-c7ccccc7)nc(-c7ccccc7)n6)c5)c4)ccc3c3c4ccccc4c4ccccc4c23)=CC1. The minimum absolute atomic E-state index is 0.301. The molecule has 1 unspecified atom stereocenters. The maximum absolute atomic E-state index is 15.1. The lowest BCUT2D eigenvalue weighted by Gasteiger charge is -2.21. The van der Waals surface area contributed by atoms with Crippen molar-refractivity contribution >= 4 is 48.8 Å². The summed E-state index contributed by atoms with van der Waals surface area (Å²) in [6.45, 7) is 1.62. The molecule has 10 aromatic rings. The van der Waals surface area contributed by atoms with Crippen molar-refractivity contribution in [1.29, 1.82) is 0 Å². The van der Waals surface area contributed by atoms with Crippen LogP contribution < -0.4 is 0 Å². The standard InChI is InChI=1S/C55H37FN4/c1-55(56)30-28-35(29-31-55)51-50-46-25-11-9-23-44(46)43-22-8-10-24-45(43)49(50)47-27-26-41(34-48(47)57-51)39-19-12-18-38(32-39)40-20-13-21-42(33-40)54-59-52(36-14-4-2-5-15-36)58-53(60-54)37-16-6-3-7-17-37/h2-30,32-34H,31H2,1H3. The average Bonchev–Trinajstić information content (AvgIpc) is 3.31. The number of halogens is 1. The highest BCUT2D eigenvalue weighted by molar-refractivity contribution is 6.32. The fraction of sp³-hybridized carbons (Fsp3) is 0.0545. The van der Waals surface area contributed by atoms with Crippen LogP contribution in [-0.2, 0) is 0 Å². The van der Waals surface area contributed by atoms with Gasteiger partial charge in [-0.05, 0) is 80.6 Å². The van der Waals surface area contributed by atoms with Crippen molar-refractivity contribution in [2.75, 3.05) is 0 Å². The number of nitrogens with zero attached hydrogens (tertiary/aromatic N) is 4. The molecule has 1 aliphatic rings. The number of rotatable bonds is 6. The first kappa shape index (κ1) is 35.5. The quantitative estimate of drug-likeness (QED) is 0.158. The first-order valence-electron chi connectivity index (χ1n) is 20.3. The van der Waals surface area contributed by atoms with Crippen molar-refractivity contribution in [3.05, 3.63) is 200 Å². The number of hydrogen-bond acceptors (Lipinski definition) is 4. The largest absolute Gasteiger partial charge is 0.247 e. The minimum atomic E-state index is -1.38. The maximum atomic E-state index is 15.1. The molecule has 60 heavy (non-hydrogen) atoms. The van der Waals surface area contributed by atoms with E-state index in [2.05, 4.69) is 115 Å². The predicted octanol–water partition coefficient (Wildman–Crippen LogP) is 14.3. The summed E-state index contributed by atoms with van der Waals surface area (Å²) in [4.78, 5) is 20.3. The highest BCUT2D eigenvalue weighted by atomic mass is 19.1. The van der Waals surface area contributed by atoms with Crippen LogP contribution in [0.25, 0.3) is 105 Å². The summed E-state index contributed by atoms with van der Waals surface area (Å²) < 4.78 is 15.1. The molecule has 11 rings (SSSR count). The number of alkyl halides is 1. The lowest BCUT2D eigenvalue weighted by atomic mass is 9.87. The van der Waals surface area contributed by atoms with Crippen LogP contribution in [0.1, 0.15) is 19.0 Å². The molecule has 0 spiro atoms. The Hall–Kier alpha value is -7.63. The van der Waals surface area contributed by atoms with Crippen LogP contribution in [0, 0.1) is 0 Å². The molecule has 0 bridgehead atoms. The summed E-state index contributed by atoms with van der Waals surface area (Å²) in [5, 5.41) is 8.04. The van der Waals surface area contributed by atoms with Gasteiger partial charge in [0.1, 0.15) is 5.67 Å². The molecule has 0 radical (unpaired) electrons. The Morgan fingerprint density at radius 2 is 0.883 bits per heavy atom. The van der Waals surface area contributed by atoms with Crippen LogP contribution >= 0.6 is 0 Å². The third kappa shape index (κ3) is 6.32. The van der Waals surface area contributed by atoms with E-state index in [0.29, 0.717) is 23.9 Å². The fourth-order valence-electron chi connectivity index (χ4n) is 8.61. The highest BCUT2D eigenvalue weighted by Gasteiger charge is 2.24. The molecule has 4 nitrogen and oxygen atoms in total. The average molecular weight is 773 g/mol. The fourth-order valence-corrected chi connectivity index (χ4v) is 8.61. The summed E-state index contributed by atoms with van der Waals surface area (Å²) in [5.41, 5.74) is 8.36. The van der Waals surface area contributed by atoms with Crippen LogP contribution in [0.15, 0.2) is 194 Å². The van der Waals surface area contributed by atoms with Gasteiger partial charge in [0, 0.05) is 39.3 Å². The van der Waals surface area contributed by atoms with Gasteiger partial charge in [-0.15, -0.1) is 0 Å². The topological polar surface area (TPSA) is 51.6 Å². The van der Waals surface area contributed by atoms with Gasteiger partial charge in [0.2, 0.25) is 0 Å². The van der Waals surface area contributed by atoms with Crippen LogP contribution in [0.5, 0.6) is 0 Å². The van der Waals surface area contributed by atoms with Gasteiger partial charge in [0.25, 0.3) is 0 Å². The first-order chi connectivity index (χ1) is 29.5. The van der Waals surface area contributed by atoms with Crippen molar-refractivity contribution in [3.63, 3.8) is 0 Å². The van der Waals surface area contributed by atoms with E-state index in [9.17, 15) is 0 Å². The first-order valence-corrected chi connectivity index (χ1v) is 20.3. The van der Waals surface area contributed by atoms with E-state index in [1.54, 1.807) is 13.0 Å². The maximum Gasteiger partial charge on any atom is 0.164 e. The lowest BCUT2D eigenvalue weighted by molar-refractivity contribution is 0.260. The summed E-state index contributed by atoms with van der Waals surface area (Å²) >= 11 is 0. The number of pyridine rings is 1. The van der Waals surface area contributed by atoms with Gasteiger partial charge in [-0.1, -0.05) is 170 Å². The van der Waals surface area contributed by atoms with Gasteiger partial charge in [-0.25, -0.2) is 24.3 Å². The minimum Gasteiger partial charge on any atom is -0.247 e. The van der Waals surface area contributed by atoms with E-state index in [1.807, 2.05) is 72.8 Å². The summed E-state index contributed by atoms with van der Waals surface area (Å²) in [6.07, 6.45) is 5.88. The number of allylic oxidation sites excluding steroid dienone is 4. The Kier molecular flexibility index (Phi) is 8.48. The predicted molar refractivity (Wildman–Crippen MR) is 246 cm³/mol. The van der Waals surface area contributed by atoms with Crippen molar-refractivity contribution in [2.24, 2.45) is 0 Å². The number of fused-ring (bicyclic) bond motifs is 8. The van der Waals surface area contributed by atoms with Crippen molar-refractivity contribution in [1.82, 2.24) is 19.9 Å². The normalized spacial score (nSPS) is 15.2. The zero-order valence-electron chi connectivity index (χ0n) is 32.8. The van der Waals surface area contributed by atoms with Crippen LogP contribution in [0.4, 0.5) is 4.39 Å². The van der Waals surface area contributed by atoms with E-state index in [0.717, 1.165) is 77.3 Å². The lowest BCUT2D eigenvalue weighted by Crippen LogP contribution is -2.15. The Labute approximate surface area is 347 Å². The third-order valence-electron chi connectivity index (χ3n) is 11.6. The van der Waals surface area contributed by atoms with Crippen molar-refractivity contribution < 1.29 is 4.39 Å². The molecule has 284 valence electrons. The van der Waals surface area contributed by atoms with Gasteiger partial charge in [-0.2, -0.15) is 0 Å². The Morgan fingerprint density at radius 3 is 1.45 bits per heavy atom. The van der Waals surface area contributed by atoms with Crippen LogP contribution in [-0.4, -0.2) is 25.6 Å². The van der Waals surface area contributed by atoms with Gasteiger partial charge < -0.3 is 0 Å². The molecule has 2 aromatic heterocycles. The number of aromatic nitrogens is 4. The number of hydrogen-bond donors (Lipinski definition) is 0. The van der Waals surface area contributed by atoms with E-state index >= 15 is 4.39 Å². The molecule has 0 saturated heterocycles. The summed E-state index contributed by atoms with van der Waals surface area (Å²) in [5.74, 6) is 1.87. The third-order valence-corrected chi connectivity index (χ3v) is 11.6. The Balaban J connectivity index is 1.04. The van der Waals surface area contributed by atoms with E-state index in [4.69, 9.17) is 19.9 Å².